The molecule has 0 aromatic rings. The number of carbonyl (C=O) groups excluding carboxylic acids is 1. The van der Waals surface area contributed by atoms with Crippen LogP contribution in [-0.2, 0) is 9.47 Å². The van der Waals surface area contributed by atoms with Gasteiger partial charge in [0.15, 0.2) is 0 Å². The third-order valence-corrected chi connectivity index (χ3v) is 2.22. The Kier molecular flexibility index (Phi) is 2.20. The van der Waals surface area contributed by atoms with Crippen molar-refractivity contribution in [2.45, 2.75) is 6.92 Å². The topological polar surface area (TPSA) is 59.9 Å². The fourth-order valence-electron chi connectivity index (χ4n) is 1.40. The first-order valence-corrected chi connectivity index (χ1v) is 4.61. The zero-order valence-corrected chi connectivity index (χ0v) is 8.56. The molecule has 0 bridgehead atoms. The van der Waals surface area contributed by atoms with Crippen LogP contribution >= 0.6 is 0 Å². The number of ether oxygens (including phenoxy) is 2. The Morgan fingerprint density at radius 1 is 1.67 bits per heavy atom. The Morgan fingerprint density at radius 3 is 3.20 bits per heavy atom. The van der Waals surface area contributed by atoms with Crippen molar-refractivity contribution in [3.8, 4) is 0 Å². The second-order valence-corrected chi connectivity index (χ2v) is 3.21. The molecule has 0 fully saturated rings. The number of quaternary nitrogens is 1. The van der Waals surface area contributed by atoms with Gasteiger partial charge >= 0.3 is 12.0 Å². The van der Waals surface area contributed by atoms with Crippen LogP contribution in [0.4, 0.5) is 4.79 Å². The second kappa shape index (κ2) is 3.39. The van der Waals surface area contributed by atoms with Crippen molar-refractivity contribution in [2.75, 3.05) is 13.7 Å². The van der Waals surface area contributed by atoms with E-state index in [1.165, 1.54) is 6.20 Å². The lowest BCUT2D eigenvalue weighted by Crippen LogP contribution is -2.51. The van der Waals surface area contributed by atoms with Gasteiger partial charge in [-0.25, -0.2) is 10.2 Å². The maximum absolute atomic E-state index is 11.1. The van der Waals surface area contributed by atoms with E-state index in [1.54, 1.807) is 13.1 Å². The molecule has 0 aromatic heterocycles. The molecule has 6 heteroatoms. The zero-order chi connectivity index (χ0) is 10.9. The molecule has 1 atom stereocenters. The van der Waals surface area contributed by atoms with E-state index in [0.717, 1.165) is 5.84 Å². The number of aliphatic imine (C=N–C) groups is 1. The summed E-state index contributed by atoms with van der Waals surface area (Å²) >= 11 is 0. The van der Waals surface area contributed by atoms with Gasteiger partial charge in [-0.3, -0.25) is 0 Å². The van der Waals surface area contributed by atoms with Gasteiger partial charge in [0.1, 0.15) is 13.2 Å². The molecule has 0 aliphatic carbocycles. The molecular formula is C9H12N3O3+. The van der Waals surface area contributed by atoms with Crippen molar-refractivity contribution in [1.29, 1.82) is 0 Å². The minimum Gasteiger partial charge on any atom is -0.434 e. The molecule has 6 nitrogen and oxygen atoms in total. The fourth-order valence-corrected chi connectivity index (χ4v) is 1.40. The summed E-state index contributed by atoms with van der Waals surface area (Å²) in [6.45, 7) is 2.01. The summed E-state index contributed by atoms with van der Waals surface area (Å²) in [5.74, 6) is 1.17. The Balaban J connectivity index is 2.05. The van der Waals surface area contributed by atoms with Crippen molar-refractivity contribution < 1.29 is 18.9 Å². The summed E-state index contributed by atoms with van der Waals surface area (Å²) in [5, 5.41) is 0. The van der Waals surface area contributed by atoms with Crippen molar-refractivity contribution in [2.24, 2.45) is 4.99 Å². The molecular weight excluding hydrogens is 198 g/mol. The standard InChI is InChI=1S/C9H12N3O3/c1-3-14-9(13)15-8-6-10-7-4-5-11-12(7,8)2/h4-6,11H,3H2,1-2H3/q+1. The number of carbonyl (C=O) groups is 1. The SMILES string of the molecule is CCOC(=O)OC1=CN=C2C=CN[N+]12C. The molecule has 2 rings (SSSR count). The van der Waals surface area contributed by atoms with E-state index in [1.807, 2.05) is 13.1 Å². The Hall–Kier alpha value is -1.82. The summed E-state index contributed by atoms with van der Waals surface area (Å²) in [6, 6.07) is 0. The molecule has 2 aliphatic rings. The van der Waals surface area contributed by atoms with E-state index < -0.39 is 6.16 Å². The minimum absolute atomic E-state index is 0.165. The molecule has 0 saturated heterocycles. The van der Waals surface area contributed by atoms with Crippen LogP contribution in [0.15, 0.2) is 29.4 Å². The van der Waals surface area contributed by atoms with E-state index >= 15 is 0 Å². The average molecular weight is 210 g/mol. The molecule has 0 aromatic carbocycles. The van der Waals surface area contributed by atoms with Gasteiger partial charge in [0.25, 0.3) is 5.84 Å². The Labute approximate surface area is 87.0 Å². The summed E-state index contributed by atoms with van der Waals surface area (Å²) in [4.78, 5) is 15.2. The third-order valence-electron chi connectivity index (χ3n) is 2.22. The molecule has 0 saturated carbocycles. The van der Waals surface area contributed by atoms with Crippen molar-refractivity contribution in [3.05, 3.63) is 24.4 Å². The Bertz CT molecular complexity index is 386. The summed E-state index contributed by atoms with van der Waals surface area (Å²) in [6.07, 6.45) is 4.36. The van der Waals surface area contributed by atoms with Crippen LogP contribution in [-0.4, -0.2) is 30.2 Å². The fraction of sp³-hybridized carbons (Fsp3) is 0.333. The monoisotopic (exact) mass is 210 g/mol. The molecule has 2 aliphatic heterocycles. The quantitative estimate of drug-likeness (QED) is 0.542. The molecule has 15 heavy (non-hydrogen) atoms. The lowest BCUT2D eigenvalue weighted by atomic mass is 10.5. The van der Waals surface area contributed by atoms with Crippen LogP contribution in [0.25, 0.3) is 0 Å². The minimum atomic E-state index is -0.715. The highest BCUT2D eigenvalue weighted by Gasteiger charge is 2.43. The number of hydrogen-bond acceptors (Lipinski definition) is 5. The maximum Gasteiger partial charge on any atom is 0.517 e. The van der Waals surface area contributed by atoms with E-state index in [0.29, 0.717) is 5.88 Å². The normalized spacial score (nSPS) is 26.5. The number of amidine groups is 1. The number of likely N-dealkylation sites (N-methyl/N-ethyl adjacent to an activating group) is 1. The van der Waals surface area contributed by atoms with Crippen molar-refractivity contribution >= 4 is 12.0 Å². The smallest absolute Gasteiger partial charge is 0.434 e. The van der Waals surface area contributed by atoms with Gasteiger partial charge in [-0.15, -0.1) is 4.59 Å². The number of fused-ring (bicyclic) bond motifs is 1. The number of nitrogens with zero attached hydrogens (tertiary/aromatic N) is 2. The molecule has 1 unspecified atom stereocenters. The van der Waals surface area contributed by atoms with Crippen LogP contribution in [0.3, 0.4) is 0 Å². The molecule has 0 amide bonds. The van der Waals surface area contributed by atoms with Crippen molar-refractivity contribution in [3.63, 3.8) is 0 Å². The molecule has 2 heterocycles. The van der Waals surface area contributed by atoms with E-state index in [2.05, 4.69) is 15.2 Å². The number of nitrogens with one attached hydrogen (secondary N) is 1. The highest BCUT2D eigenvalue weighted by Crippen LogP contribution is 2.24. The van der Waals surface area contributed by atoms with Gasteiger partial charge < -0.3 is 9.47 Å². The summed E-state index contributed by atoms with van der Waals surface area (Å²) < 4.78 is 9.88. The van der Waals surface area contributed by atoms with Gasteiger partial charge in [0.05, 0.1) is 12.8 Å². The predicted molar refractivity (Wildman–Crippen MR) is 52.1 cm³/mol. The van der Waals surface area contributed by atoms with Gasteiger partial charge in [0.2, 0.25) is 0 Å². The van der Waals surface area contributed by atoms with E-state index in [9.17, 15) is 4.79 Å². The van der Waals surface area contributed by atoms with Crippen LogP contribution in [0.2, 0.25) is 0 Å². The number of hydrogen-bond donors (Lipinski definition) is 1. The van der Waals surface area contributed by atoms with Gasteiger partial charge in [-0.05, 0) is 6.92 Å². The number of rotatable bonds is 2. The van der Waals surface area contributed by atoms with Gasteiger partial charge in [-0.1, -0.05) is 0 Å². The Morgan fingerprint density at radius 2 is 2.47 bits per heavy atom. The van der Waals surface area contributed by atoms with E-state index in [4.69, 9.17) is 4.74 Å². The first kappa shape index (κ1) is 9.72. The van der Waals surface area contributed by atoms with Crippen molar-refractivity contribution in [1.82, 2.24) is 5.43 Å². The first-order valence-electron chi connectivity index (χ1n) is 4.61. The highest BCUT2D eigenvalue weighted by molar-refractivity contribution is 5.90. The second-order valence-electron chi connectivity index (χ2n) is 3.21. The zero-order valence-electron chi connectivity index (χ0n) is 8.56. The van der Waals surface area contributed by atoms with Crippen LogP contribution in [0.1, 0.15) is 6.92 Å². The van der Waals surface area contributed by atoms with E-state index in [-0.39, 0.29) is 11.2 Å². The lowest BCUT2D eigenvalue weighted by molar-refractivity contribution is -0.830. The first-order chi connectivity index (χ1) is 7.16. The largest absolute Gasteiger partial charge is 0.517 e. The predicted octanol–water partition coefficient (Wildman–Crippen LogP) is 0.849. The summed E-state index contributed by atoms with van der Waals surface area (Å²) in [5.41, 5.74) is 3.02. The summed E-state index contributed by atoms with van der Waals surface area (Å²) in [7, 11) is 1.83. The van der Waals surface area contributed by atoms with Gasteiger partial charge in [-0.2, -0.15) is 4.99 Å². The third kappa shape index (κ3) is 1.48. The van der Waals surface area contributed by atoms with Gasteiger partial charge in [0, 0.05) is 6.08 Å². The van der Waals surface area contributed by atoms with Crippen LogP contribution in [0.5, 0.6) is 0 Å². The lowest BCUT2D eigenvalue weighted by Gasteiger charge is -2.24. The van der Waals surface area contributed by atoms with Crippen LogP contribution < -0.4 is 5.43 Å². The molecule has 1 N–H and O–H groups in total. The highest BCUT2D eigenvalue weighted by atomic mass is 16.7. The molecule has 80 valence electrons. The molecule has 0 spiro atoms. The van der Waals surface area contributed by atoms with Crippen LogP contribution in [0, 0.1) is 0 Å². The molecule has 0 radical (unpaired) electrons. The maximum atomic E-state index is 11.1. The average Bonchev–Trinajstić information content (AvgIpc) is 2.66.